The number of allylic oxidation sites excluding steroid dienone is 4. The lowest BCUT2D eigenvalue weighted by Gasteiger charge is -2.22. The number of phosphoric ester groups is 2. The molecule has 6 atom stereocenters. The van der Waals surface area contributed by atoms with Crippen LogP contribution in [0.3, 0.4) is 0 Å². The van der Waals surface area contributed by atoms with Crippen LogP contribution in [0, 0.1) is 5.92 Å². The number of rotatable bonds is 89. The number of amides is 4. The summed E-state index contributed by atoms with van der Waals surface area (Å²) in [4.78, 5) is 129. The van der Waals surface area contributed by atoms with Gasteiger partial charge >= 0.3 is 27.6 Å². The molecule has 1 aromatic carbocycles. The maximum atomic E-state index is 14.1. The zero-order chi connectivity index (χ0) is 89.5. The molecule has 0 saturated heterocycles. The highest BCUT2D eigenvalue weighted by atomic mass is 31.2. The van der Waals surface area contributed by atoms with Gasteiger partial charge in [-0.1, -0.05) is 278 Å². The first-order chi connectivity index (χ1) is 59.1. The number of Topliss-reactive ketones (excluding diaryl/α,β-unsaturated/α-hetero) is 2. The molecule has 4 unspecified atom stereocenters. The predicted octanol–water partition coefficient (Wildman–Crippen LogP) is 21.6. The summed E-state index contributed by atoms with van der Waals surface area (Å²) in [6, 6.07) is 4.74. The van der Waals surface area contributed by atoms with Gasteiger partial charge in [0.05, 0.1) is 84.4 Å². The van der Waals surface area contributed by atoms with Crippen molar-refractivity contribution in [3.8, 4) is 5.75 Å². The molecule has 122 heavy (non-hydrogen) atoms. The van der Waals surface area contributed by atoms with Crippen molar-refractivity contribution in [2.24, 2.45) is 5.92 Å². The molecule has 25 nitrogen and oxygen atoms in total. The highest BCUT2D eigenvalue weighted by molar-refractivity contribution is 7.47. The van der Waals surface area contributed by atoms with Crippen LogP contribution in [0.25, 0.3) is 0 Å². The zero-order valence-corrected chi connectivity index (χ0v) is 78.8. The Kier molecular flexibility index (Phi) is 75.6. The van der Waals surface area contributed by atoms with Crippen molar-refractivity contribution in [3.05, 3.63) is 54.1 Å². The number of carbonyl (C=O) groups is 8. The van der Waals surface area contributed by atoms with Crippen LogP contribution >= 0.6 is 15.6 Å². The second kappa shape index (κ2) is 80.4. The molecule has 27 heteroatoms. The van der Waals surface area contributed by atoms with Crippen LogP contribution in [-0.2, 0) is 90.9 Å². The third-order valence-corrected chi connectivity index (χ3v) is 23.1. The number of ketones is 2. The highest BCUT2D eigenvalue weighted by Gasteiger charge is 2.31. The van der Waals surface area contributed by atoms with Crippen LogP contribution in [-0.4, -0.2) is 154 Å². The molecule has 6 N–H and O–H groups in total. The minimum atomic E-state index is -4.92. The second-order valence-electron chi connectivity index (χ2n) is 32.9. The SMILES string of the molecule is CCCCCC/C=C\CCCC(=O)O[C@H](CCCCCCC)CCOCC(COP(=O)(O)OCCNC(=O)C(Cc1ccc(OCCC)cc1)C(=O)NCCOP(=O)(O)OCC(COCC[C@@H](CCCCCCC)OC(=O)CCC/C=C\CCCCCC)NC(=O)CC(=O)CCCCCCCCCCC)NC(=O)CC(=O)CCCCCCCCCCC. The third kappa shape index (κ3) is 70.9. The Labute approximate surface area is 737 Å². The molecule has 1 aromatic rings. The van der Waals surface area contributed by atoms with Gasteiger partial charge in [0.25, 0.3) is 0 Å². The molecule has 0 aliphatic carbocycles. The van der Waals surface area contributed by atoms with Gasteiger partial charge < -0.3 is 54.7 Å². The minimum absolute atomic E-state index is 0.116. The molecule has 0 aromatic heterocycles. The first kappa shape index (κ1) is 115. The van der Waals surface area contributed by atoms with Gasteiger partial charge in [0.1, 0.15) is 35.4 Å². The maximum absolute atomic E-state index is 14.1. The van der Waals surface area contributed by atoms with Gasteiger partial charge in [-0.2, -0.15) is 0 Å². The fraction of sp³-hybridized carbons (Fsp3) is 0.811. The van der Waals surface area contributed by atoms with E-state index >= 15 is 0 Å². The Morgan fingerprint density at radius 3 is 1.06 bits per heavy atom. The highest BCUT2D eigenvalue weighted by Crippen LogP contribution is 2.44. The molecular weight excluding hydrogens is 1590 g/mol. The summed E-state index contributed by atoms with van der Waals surface area (Å²) in [5, 5.41) is 10.7. The summed E-state index contributed by atoms with van der Waals surface area (Å²) >= 11 is 0. The van der Waals surface area contributed by atoms with Gasteiger partial charge in [0.2, 0.25) is 23.6 Å². The summed E-state index contributed by atoms with van der Waals surface area (Å²) in [7, 11) is -9.85. The van der Waals surface area contributed by atoms with Crippen LogP contribution in [0.2, 0.25) is 0 Å². The van der Waals surface area contributed by atoms with Gasteiger partial charge in [-0.25, -0.2) is 9.13 Å². The summed E-state index contributed by atoms with van der Waals surface area (Å²) < 4.78 is 78.3. The lowest BCUT2D eigenvalue weighted by atomic mass is 9.97. The number of benzene rings is 1. The van der Waals surface area contributed by atoms with E-state index in [0.29, 0.717) is 69.3 Å². The van der Waals surface area contributed by atoms with Crippen molar-refractivity contribution < 1.29 is 99.1 Å². The molecule has 706 valence electrons. The first-order valence-electron chi connectivity index (χ1n) is 48.1. The van der Waals surface area contributed by atoms with E-state index in [1.807, 2.05) is 6.92 Å². The first-order valence-corrected chi connectivity index (χ1v) is 51.1. The molecule has 4 amide bonds. The molecule has 0 bridgehead atoms. The Balaban J connectivity index is 3.25. The van der Waals surface area contributed by atoms with E-state index in [1.54, 1.807) is 24.3 Å². The van der Waals surface area contributed by atoms with Crippen LogP contribution in [0.1, 0.15) is 394 Å². The number of phosphoric acid groups is 2. The summed E-state index contributed by atoms with van der Waals surface area (Å²) in [6.07, 6.45) is 54.6. The lowest BCUT2D eigenvalue weighted by Crippen LogP contribution is -2.44. The summed E-state index contributed by atoms with van der Waals surface area (Å²) in [5.74, 6) is -4.75. The fourth-order valence-corrected chi connectivity index (χ4v) is 15.4. The van der Waals surface area contributed by atoms with Gasteiger partial charge in [-0.15, -0.1) is 0 Å². The monoisotopic (exact) mass is 1770 g/mol. The van der Waals surface area contributed by atoms with E-state index in [2.05, 4.69) is 87.1 Å². The van der Waals surface area contributed by atoms with Crippen molar-refractivity contribution in [2.45, 2.75) is 419 Å². The Hall–Kier alpha value is -5.20. The lowest BCUT2D eigenvalue weighted by molar-refractivity contribution is -0.151. The van der Waals surface area contributed by atoms with Crippen LogP contribution < -0.4 is 26.0 Å². The van der Waals surface area contributed by atoms with Crippen molar-refractivity contribution >= 4 is 62.8 Å². The number of nitrogens with one attached hydrogen (secondary N) is 4. The van der Waals surface area contributed by atoms with Crippen LogP contribution in [0.5, 0.6) is 5.75 Å². The van der Waals surface area contributed by atoms with Crippen molar-refractivity contribution in [3.63, 3.8) is 0 Å². The average Bonchev–Trinajstić information content (AvgIpc) is 0.877. The summed E-state index contributed by atoms with van der Waals surface area (Å²) in [6.45, 7) is 12.2. The number of ether oxygens (including phenoxy) is 5. The normalized spacial score (nSPS) is 13.9. The van der Waals surface area contributed by atoms with E-state index in [1.165, 1.54) is 89.9 Å². The Morgan fingerprint density at radius 2 is 0.697 bits per heavy atom. The molecule has 0 spiro atoms. The smallest absolute Gasteiger partial charge is 0.472 e. The molecule has 0 saturated carbocycles. The largest absolute Gasteiger partial charge is 0.494 e. The minimum Gasteiger partial charge on any atom is -0.494 e. The molecular formula is C95H170N4O21P2. The topological polar surface area (TPSA) is 342 Å². The van der Waals surface area contributed by atoms with Crippen LogP contribution in [0.4, 0.5) is 0 Å². The van der Waals surface area contributed by atoms with E-state index in [-0.39, 0.29) is 95.1 Å². The second-order valence-corrected chi connectivity index (χ2v) is 35.8. The van der Waals surface area contributed by atoms with Gasteiger partial charge in [-0.05, 0) is 120 Å². The third-order valence-electron chi connectivity index (χ3n) is 21.2. The van der Waals surface area contributed by atoms with Crippen LogP contribution in [0.15, 0.2) is 48.6 Å². The molecule has 0 aliphatic heterocycles. The zero-order valence-electron chi connectivity index (χ0n) is 77.0. The van der Waals surface area contributed by atoms with Crippen molar-refractivity contribution in [1.82, 2.24) is 21.3 Å². The van der Waals surface area contributed by atoms with E-state index in [0.717, 1.165) is 161 Å². The number of esters is 2. The number of unbranched alkanes of at least 4 members (excludes halogenated alkanes) is 34. The molecule has 0 aliphatic rings. The molecule has 0 radical (unpaired) electrons. The molecule has 0 heterocycles. The van der Waals surface area contributed by atoms with E-state index in [9.17, 15) is 57.3 Å². The number of hydrogen-bond acceptors (Lipinski definition) is 19. The number of carbonyl (C=O) groups excluding carboxylic acids is 8. The molecule has 1 rings (SSSR count). The predicted molar refractivity (Wildman–Crippen MR) is 487 cm³/mol. The average molecular weight is 1770 g/mol. The molecule has 0 fully saturated rings. The number of hydrogen-bond donors (Lipinski definition) is 6. The Morgan fingerprint density at radius 1 is 0.361 bits per heavy atom. The van der Waals surface area contributed by atoms with Crippen molar-refractivity contribution in [2.75, 3.05) is 72.6 Å². The van der Waals surface area contributed by atoms with E-state index < -0.39 is 109 Å². The van der Waals surface area contributed by atoms with Gasteiger partial charge in [0, 0.05) is 51.6 Å². The fourth-order valence-electron chi connectivity index (χ4n) is 13.9. The Bertz CT molecular complexity index is 2790. The maximum Gasteiger partial charge on any atom is 0.472 e. The van der Waals surface area contributed by atoms with Gasteiger partial charge in [-0.3, -0.25) is 56.5 Å². The van der Waals surface area contributed by atoms with E-state index in [4.69, 9.17) is 41.8 Å². The quantitative estimate of drug-likeness (QED) is 0.0116. The standard InChI is InChI=1S/C95H170N4O21P2/c1-8-15-21-27-31-35-39-45-49-55-84(100)75-90(102)98-82(77-112-70-65-87(57-51-43-25-19-12-5)119-92(104)59-53-47-41-37-33-29-23-17-10-3)79-117-121(108,109)115-72-67-96-94(106)89(74-81-61-63-86(64-62-81)114-69-14-7)95(107)97-68-73-116-122(110,111)118-80-83(99-91(103)76-85(101)56-50-46-40-36-32-28-22-16-9-2)78-113-71-66-88(58-52-44-26-20-13-6)120-93(105)60-54-48-42-38-34-30-24-18-11-4/h37-38,41-42,61-64,82-83,87-89H,8-36,39-40,43-60,65-80H2,1-7H3,(H,96,106)(H,97,107)(H,98,102)(H,99,103)(H,108,109)(H,110,111)/b41-37-,42-38-/t82?,83?,87-,88-,89?/m1/s1. The summed E-state index contributed by atoms with van der Waals surface area (Å²) in [5.41, 5.74) is 0.568. The van der Waals surface area contributed by atoms with Gasteiger partial charge in [0.15, 0.2) is 0 Å². The van der Waals surface area contributed by atoms with Crippen molar-refractivity contribution in [1.29, 1.82) is 0 Å².